The predicted molar refractivity (Wildman–Crippen MR) is 180 cm³/mol. The molecule has 1 atom stereocenters. The van der Waals surface area contributed by atoms with E-state index in [0.717, 1.165) is 44.9 Å². The third kappa shape index (κ3) is 6.87. The molecule has 1 N–H and O–H groups in total. The van der Waals surface area contributed by atoms with Crippen molar-refractivity contribution >= 4 is 17.9 Å². The van der Waals surface area contributed by atoms with Gasteiger partial charge in [-0.15, -0.1) is 0 Å². The third-order valence-corrected chi connectivity index (χ3v) is 8.31. The number of fused-ring (bicyclic) bond motifs is 2. The smallest absolute Gasteiger partial charge is 0.193 e. The highest BCUT2D eigenvalue weighted by Gasteiger charge is 2.24. The highest BCUT2D eigenvalue weighted by atomic mass is 16.5. The van der Waals surface area contributed by atoms with Gasteiger partial charge in [0, 0.05) is 22.3 Å². The minimum Gasteiger partial charge on any atom is -0.483 e. The number of hydrogen-bond acceptors (Lipinski definition) is 4. The van der Waals surface area contributed by atoms with E-state index in [1.165, 1.54) is 16.7 Å². The first kappa shape index (κ1) is 31.0. The minimum atomic E-state index is -0.618. The molecule has 0 fully saturated rings. The van der Waals surface area contributed by atoms with Crippen LogP contribution in [0.25, 0.3) is 12.2 Å². The molecule has 0 aliphatic carbocycles. The summed E-state index contributed by atoms with van der Waals surface area (Å²) in [4.78, 5) is 12.7. The summed E-state index contributed by atoms with van der Waals surface area (Å²) in [5.74, 6) is 1.73. The number of ether oxygens (including phenoxy) is 2. The van der Waals surface area contributed by atoms with Crippen LogP contribution in [0, 0.1) is 27.7 Å². The molecule has 0 saturated heterocycles. The van der Waals surface area contributed by atoms with Crippen molar-refractivity contribution in [3.05, 3.63) is 141 Å². The summed E-state index contributed by atoms with van der Waals surface area (Å²) in [6.45, 7) is 16.3. The van der Waals surface area contributed by atoms with Gasteiger partial charge in [0.25, 0.3) is 0 Å². The van der Waals surface area contributed by atoms with Crippen LogP contribution in [0.1, 0.15) is 94.2 Å². The van der Waals surface area contributed by atoms with Gasteiger partial charge in [-0.1, -0.05) is 48.6 Å². The Morgan fingerprint density at radius 2 is 1.05 bits per heavy atom. The number of ketones is 1. The van der Waals surface area contributed by atoms with Crippen LogP contribution in [0.4, 0.5) is 0 Å². The number of carbonyl (C=O) groups excluding carboxylic acids is 1. The second-order valence-corrected chi connectivity index (χ2v) is 13.0. The van der Waals surface area contributed by atoms with Gasteiger partial charge in [-0.25, -0.2) is 0 Å². The van der Waals surface area contributed by atoms with Crippen LogP contribution >= 0.6 is 0 Å². The fourth-order valence-electron chi connectivity index (χ4n) is 5.27. The second kappa shape index (κ2) is 11.9. The van der Waals surface area contributed by atoms with Gasteiger partial charge in [0.1, 0.15) is 28.8 Å². The molecular formula is C40H42O4. The summed E-state index contributed by atoms with van der Waals surface area (Å²) in [6.07, 6.45) is 7.53. The predicted octanol–water partition coefficient (Wildman–Crippen LogP) is 9.29. The Labute approximate surface area is 261 Å². The molecule has 4 aromatic rings. The fourth-order valence-corrected chi connectivity index (χ4v) is 5.27. The van der Waals surface area contributed by atoms with Gasteiger partial charge in [-0.05, 0) is 137 Å². The van der Waals surface area contributed by atoms with E-state index >= 15 is 0 Å². The molecule has 2 heterocycles. The van der Waals surface area contributed by atoms with Gasteiger partial charge in [-0.2, -0.15) is 0 Å². The summed E-state index contributed by atoms with van der Waals surface area (Å²) in [7, 11) is 0. The number of hydrogen-bond donors (Lipinski definition) is 1. The maximum absolute atomic E-state index is 12.7. The molecule has 44 heavy (non-hydrogen) atoms. The van der Waals surface area contributed by atoms with Crippen molar-refractivity contribution < 1.29 is 19.4 Å². The van der Waals surface area contributed by atoms with Crippen LogP contribution in [0.5, 0.6) is 11.5 Å². The highest BCUT2D eigenvalue weighted by molar-refractivity contribution is 6.09. The molecule has 0 bridgehead atoms. The van der Waals surface area contributed by atoms with E-state index in [2.05, 4.69) is 32.1 Å². The molecule has 2 aliphatic rings. The van der Waals surface area contributed by atoms with Gasteiger partial charge in [0.2, 0.25) is 0 Å². The molecule has 6 rings (SSSR count). The molecule has 4 heteroatoms. The van der Waals surface area contributed by atoms with Crippen LogP contribution in [0.15, 0.2) is 84.9 Å². The maximum atomic E-state index is 12.7. The van der Waals surface area contributed by atoms with Crippen LogP contribution in [-0.4, -0.2) is 22.1 Å². The molecule has 1 unspecified atom stereocenters. The summed E-state index contributed by atoms with van der Waals surface area (Å²) in [6, 6.07) is 23.4. The number of carbonyl (C=O) groups is 1. The molecule has 0 amide bonds. The van der Waals surface area contributed by atoms with E-state index in [1.807, 2.05) is 120 Å². The molecular weight excluding hydrogens is 544 g/mol. The number of rotatable bonds is 4. The third-order valence-electron chi connectivity index (χ3n) is 8.31. The summed E-state index contributed by atoms with van der Waals surface area (Å²) in [5, 5.41) is 10.6. The standard InChI is InChI=1S/C20H22O2.C20H20O2/c2*1-13-5-6-16(11-14(13)2)19(21)17-7-8-18-15(12-17)9-10-20(3,4)22-18/h5-12,19,21H,1-4H3;5-12H,1-4H3. The first-order valence-corrected chi connectivity index (χ1v) is 15.1. The van der Waals surface area contributed by atoms with Crippen LogP contribution in [0.3, 0.4) is 0 Å². The van der Waals surface area contributed by atoms with E-state index < -0.39 is 6.10 Å². The summed E-state index contributed by atoms with van der Waals surface area (Å²) >= 11 is 0. The van der Waals surface area contributed by atoms with Crippen LogP contribution in [-0.2, 0) is 0 Å². The van der Waals surface area contributed by atoms with Gasteiger partial charge >= 0.3 is 0 Å². The lowest BCUT2D eigenvalue weighted by Crippen LogP contribution is -2.27. The summed E-state index contributed by atoms with van der Waals surface area (Å²) in [5.41, 5.74) is 9.37. The molecule has 0 saturated carbocycles. The quantitative estimate of drug-likeness (QED) is 0.242. The van der Waals surface area contributed by atoms with E-state index in [9.17, 15) is 9.90 Å². The Hall–Kier alpha value is -4.41. The SMILES string of the molecule is Cc1ccc(C(=O)c2ccc3c(c2)C=CC(C)(C)O3)cc1C.Cc1ccc(C(O)c2ccc3c(c2)C=CC(C)(C)O3)cc1C. The molecule has 2 aliphatic heterocycles. The molecule has 226 valence electrons. The average molecular weight is 587 g/mol. The number of aryl methyl sites for hydroxylation is 4. The molecule has 0 aromatic heterocycles. The monoisotopic (exact) mass is 586 g/mol. The first-order chi connectivity index (χ1) is 20.7. The zero-order valence-corrected chi connectivity index (χ0v) is 27.0. The number of aliphatic hydroxyl groups excluding tert-OH is 1. The van der Waals surface area contributed by atoms with E-state index in [-0.39, 0.29) is 17.0 Å². The van der Waals surface area contributed by atoms with Crippen LogP contribution in [0.2, 0.25) is 0 Å². The Morgan fingerprint density at radius 1 is 0.591 bits per heavy atom. The zero-order chi connectivity index (χ0) is 31.8. The van der Waals surface area contributed by atoms with Crippen molar-refractivity contribution in [2.75, 3.05) is 0 Å². The summed E-state index contributed by atoms with van der Waals surface area (Å²) < 4.78 is 11.8. The Balaban J connectivity index is 0.000000175. The molecule has 4 aromatic carbocycles. The van der Waals surface area contributed by atoms with Gasteiger partial charge in [0.05, 0.1) is 0 Å². The topological polar surface area (TPSA) is 55.8 Å². The zero-order valence-electron chi connectivity index (χ0n) is 27.0. The van der Waals surface area contributed by atoms with Crippen LogP contribution < -0.4 is 9.47 Å². The average Bonchev–Trinajstić information content (AvgIpc) is 2.98. The normalized spacial score (nSPS) is 15.9. The lowest BCUT2D eigenvalue weighted by molar-refractivity contribution is 0.103. The van der Waals surface area contributed by atoms with E-state index in [4.69, 9.17) is 9.47 Å². The van der Waals surface area contributed by atoms with E-state index in [0.29, 0.717) is 5.56 Å². The maximum Gasteiger partial charge on any atom is 0.193 e. The molecule has 4 nitrogen and oxygen atoms in total. The highest BCUT2D eigenvalue weighted by Crippen LogP contribution is 2.35. The Morgan fingerprint density at radius 3 is 1.64 bits per heavy atom. The lowest BCUT2D eigenvalue weighted by atomic mass is 9.95. The first-order valence-electron chi connectivity index (χ1n) is 15.1. The van der Waals surface area contributed by atoms with Crippen molar-refractivity contribution in [3.8, 4) is 11.5 Å². The van der Waals surface area contributed by atoms with Gasteiger partial charge in [-0.3, -0.25) is 4.79 Å². The van der Waals surface area contributed by atoms with Crippen molar-refractivity contribution in [2.45, 2.75) is 72.7 Å². The van der Waals surface area contributed by atoms with Gasteiger partial charge < -0.3 is 14.6 Å². The van der Waals surface area contributed by atoms with Gasteiger partial charge in [0.15, 0.2) is 5.78 Å². The Bertz CT molecular complexity index is 1790. The number of benzene rings is 4. The minimum absolute atomic E-state index is 0.0455. The second-order valence-electron chi connectivity index (χ2n) is 13.0. The lowest BCUT2D eigenvalue weighted by Gasteiger charge is -2.28. The van der Waals surface area contributed by atoms with Crippen molar-refractivity contribution in [1.82, 2.24) is 0 Å². The van der Waals surface area contributed by atoms with E-state index in [1.54, 1.807) is 0 Å². The molecule has 0 radical (unpaired) electrons. The molecule has 0 spiro atoms. The van der Waals surface area contributed by atoms with Crippen molar-refractivity contribution in [3.63, 3.8) is 0 Å². The Kier molecular flexibility index (Phi) is 8.42. The van der Waals surface area contributed by atoms with Crippen molar-refractivity contribution in [1.29, 1.82) is 0 Å². The number of aliphatic hydroxyl groups is 1. The largest absolute Gasteiger partial charge is 0.483 e. The van der Waals surface area contributed by atoms with Crippen molar-refractivity contribution in [2.24, 2.45) is 0 Å². The fraction of sp³-hybridized carbons (Fsp3) is 0.275.